The standard InChI is InChI=1S/C17H20N2O3/c20-15(11-13-6-7-16(21)18-17(13)22)12-4-3-5-14(10-12)19-8-1-2-9-19/h3-5,10,13H,1-2,6-9,11H2,(H,18,21,22). The zero-order valence-corrected chi connectivity index (χ0v) is 12.5. The molecule has 2 aliphatic rings. The van der Waals surface area contributed by atoms with Crippen LogP contribution in [0.5, 0.6) is 0 Å². The predicted octanol–water partition coefficient (Wildman–Crippen LogP) is 1.91. The van der Waals surface area contributed by atoms with Crippen LogP contribution in [0, 0.1) is 5.92 Å². The number of carbonyl (C=O) groups excluding carboxylic acids is 3. The molecule has 22 heavy (non-hydrogen) atoms. The molecule has 5 nitrogen and oxygen atoms in total. The van der Waals surface area contributed by atoms with Gasteiger partial charge in [-0.1, -0.05) is 12.1 Å². The Labute approximate surface area is 129 Å². The molecular weight excluding hydrogens is 280 g/mol. The van der Waals surface area contributed by atoms with Gasteiger partial charge >= 0.3 is 0 Å². The Balaban J connectivity index is 1.68. The highest BCUT2D eigenvalue weighted by Gasteiger charge is 2.28. The third kappa shape index (κ3) is 3.18. The summed E-state index contributed by atoms with van der Waals surface area (Å²) in [6, 6.07) is 7.63. The van der Waals surface area contributed by atoms with Crippen molar-refractivity contribution in [1.82, 2.24) is 5.32 Å². The second-order valence-corrected chi connectivity index (χ2v) is 6.02. The van der Waals surface area contributed by atoms with Gasteiger partial charge in [0.05, 0.1) is 0 Å². The van der Waals surface area contributed by atoms with E-state index < -0.39 is 0 Å². The number of nitrogens with zero attached hydrogens (tertiary/aromatic N) is 1. The maximum atomic E-state index is 12.4. The molecular formula is C17H20N2O3. The number of imide groups is 1. The molecule has 0 bridgehead atoms. The van der Waals surface area contributed by atoms with Gasteiger partial charge in [0.25, 0.3) is 0 Å². The quantitative estimate of drug-likeness (QED) is 0.681. The monoisotopic (exact) mass is 300 g/mol. The van der Waals surface area contributed by atoms with E-state index in [4.69, 9.17) is 0 Å². The van der Waals surface area contributed by atoms with Gasteiger partial charge in [0.2, 0.25) is 11.8 Å². The normalized spacial score (nSPS) is 21.8. The summed E-state index contributed by atoms with van der Waals surface area (Å²) in [5, 5.41) is 2.30. The van der Waals surface area contributed by atoms with Gasteiger partial charge in [0.15, 0.2) is 5.78 Å². The molecule has 5 heteroatoms. The molecule has 1 atom stereocenters. The Morgan fingerprint density at radius 1 is 1.23 bits per heavy atom. The van der Waals surface area contributed by atoms with Crippen molar-refractivity contribution in [3.05, 3.63) is 29.8 Å². The number of hydrogen-bond acceptors (Lipinski definition) is 4. The Morgan fingerprint density at radius 2 is 2.00 bits per heavy atom. The third-order valence-corrected chi connectivity index (χ3v) is 4.42. The average molecular weight is 300 g/mol. The van der Waals surface area contributed by atoms with E-state index in [1.54, 1.807) is 6.07 Å². The first kappa shape index (κ1) is 14.8. The number of amides is 2. The molecule has 1 aromatic carbocycles. The summed E-state index contributed by atoms with van der Waals surface area (Å²) in [5.74, 6) is -0.985. The fourth-order valence-corrected chi connectivity index (χ4v) is 3.13. The van der Waals surface area contributed by atoms with Crippen LogP contribution in [0.2, 0.25) is 0 Å². The van der Waals surface area contributed by atoms with Crippen LogP contribution in [0.25, 0.3) is 0 Å². The SMILES string of the molecule is O=C1CCC(CC(=O)c2cccc(N3CCCC3)c2)C(=O)N1. The topological polar surface area (TPSA) is 66.5 Å². The fraction of sp³-hybridized carbons (Fsp3) is 0.471. The Kier molecular flexibility index (Phi) is 4.22. The number of ketones is 1. The summed E-state index contributed by atoms with van der Waals surface area (Å²) in [6.45, 7) is 2.07. The lowest BCUT2D eigenvalue weighted by Crippen LogP contribution is -2.41. The van der Waals surface area contributed by atoms with Gasteiger partial charge in [-0.2, -0.15) is 0 Å². The molecule has 2 aliphatic heterocycles. The Morgan fingerprint density at radius 3 is 2.73 bits per heavy atom. The molecule has 2 heterocycles. The van der Waals surface area contributed by atoms with Crippen molar-refractivity contribution in [2.45, 2.75) is 32.1 Å². The van der Waals surface area contributed by atoms with Crippen molar-refractivity contribution >= 4 is 23.3 Å². The van der Waals surface area contributed by atoms with E-state index in [2.05, 4.69) is 10.2 Å². The number of rotatable bonds is 4. The van der Waals surface area contributed by atoms with E-state index >= 15 is 0 Å². The zero-order chi connectivity index (χ0) is 15.5. The second-order valence-electron chi connectivity index (χ2n) is 6.02. The smallest absolute Gasteiger partial charge is 0.230 e. The molecule has 3 rings (SSSR count). The molecule has 0 saturated carbocycles. The zero-order valence-electron chi connectivity index (χ0n) is 12.5. The van der Waals surface area contributed by atoms with Gasteiger partial charge < -0.3 is 4.90 Å². The number of hydrogen-bond donors (Lipinski definition) is 1. The number of anilines is 1. The highest BCUT2D eigenvalue weighted by Crippen LogP contribution is 2.24. The highest BCUT2D eigenvalue weighted by molar-refractivity contribution is 6.03. The lowest BCUT2D eigenvalue weighted by molar-refractivity contribution is -0.136. The average Bonchev–Trinajstić information content (AvgIpc) is 3.04. The van der Waals surface area contributed by atoms with Gasteiger partial charge in [-0.05, 0) is 31.4 Å². The third-order valence-electron chi connectivity index (χ3n) is 4.42. The maximum absolute atomic E-state index is 12.4. The lowest BCUT2D eigenvalue weighted by Gasteiger charge is -2.21. The summed E-state index contributed by atoms with van der Waals surface area (Å²) in [7, 11) is 0. The molecule has 0 aromatic heterocycles. The van der Waals surface area contributed by atoms with E-state index in [1.165, 1.54) is 12.8 Å². The Bertz CT molecular complexity index is 606. The maximum Gasteiger partial charge on any atom is 0.230 e. The van der Waals surface area contributed by atoms with Crippen molar-refractivity contribution in [3.63, 3.8) is 0 Å². The summed E-state index contributed by atoms with van der Waals surface area (Å²) in [6.07, 6.45) is 3.32. The van der Waals surface area contributed by atoms with Crippen molar-refractivity contribution in [3.8, 4) is 0 Å². The molecule has 2 amide bonds. The van der Waals surface area contributed by atoms with Gasteiger partial charge in [-0.3, -0.25) is 19.7 Å². The van der Waals surface area contributed by atoms with Crippen LogP contribution in [-0.2, 0) is 9.59 Å². The van der Waals surface area contributed by atoms with Gasteiger partial charge in [0, 0.05) is 43.1 Å². The molecule has 0 radical (unpaired) electrons. The Hall–Kier alpha value is -2.17. The van der Waals surface area contributed by atoms with Gasteiger partial charge in [-0.25, -0.2) is 0 Å². The van der Waals surface area contributed by atoms with E-state index in [1.807, 2.05) is 18.2 Å². The largest absolute Gasteiger partial charge is 0.372 e. The van der Waals surface area contributed by atoms with Crippen LogP contribution in [-0.4, -0.2) is 30.7 Å². The molecule has 2 fully saturated rings. The summed E-state index contributed by atoms with van der Waals surface area (Å²) in [4.78, 5) is 37.6. The lowest BCUT2D eigenvalue weighted by atomic mass is 9.91. The number of piperidine rings is 1. The van der Waals surface area contributed by atoms with E-state index in [-0.39, 0.29) is 29.9 Å². The number of benzene rings is 1. The summed E-state index contributed by atoms with van der Waals surface area (Å²) < 4.78 is 0. The summed E-state index contributed by atoms with van der Waals surface area (Å²) >= 11 is 0. The van der Waals surface area contributed by atoms with Crippen LogP contribution in [0.4, 0.5) is 5.69 Å². The summed E-state index contributed by atoms with van der Waals surface area (Å²) in [5.41, 5.74) is 1.72. The van der Waals surface area contributed by atoms with Crippen LogP contribution in [0.1, 0.15) is 42.5 Å². The minimum absolute atomic E-state index is 0.0319. The molecule has 0 aliphatic carbocycles. The number of carbonyl (C=O) groups is 3. The molecule has 0 spiro atoms. The predicted molar refractivity (Wildman–Crippen MR) is 82.7 cm³/mol. The fourth-order valence-electron chi connectivity index (χ4n) is 3.13. The first-order valence-electron chi connectivity index (χ1n) is 7.85. The second kappa shape index (κ2) is 6.30. The van der Waals surface area contributed by atoms with Crippen LogP contribution in [0.3, 0.4) is 0 Å². The molecule has 1 aromatic rings. The van der Waals surface area contributed by atoms with Crippen molar-refractivity contribution < 1.29 is 14.4 Å². The minimum atomic E-state index is -0.388. The van der Waals surface area contributed by atoms with E-state index in [0.717, 1.165) is 18.8 Å². The molecule has 2 saturated heterocycles. The first-order valence-corrected chi connectivity index (χ1v) is 7.85. The van der Waals surface area contributed by atoms with Crippen molar-refractivity contribution in [1.29, 1.82) is 0 Å². The van der Waals surface area contributed by atoms with E-state index in [9.17, 15) is 14.4 Å². The molecule has 116 valence electrons. The molecule has 1 N–H and O–H groups in total. The van der Waals surface area contributed by atoms with Crippen LogP contribution < -0.4 is 10.2 Å². The van der Waals surface area contributed by atoms with Gasteiger partial charge in [0.1, 0.15) is 0 Å². The number of Topliss-reactive ketones (excluding diaryl/α,β-unsaturated/α-hetero) is 1. The van der Waals surface area contributed by atoms with Crippen molar-refractivity contribution in [2.24, 2.45) is 5.92 Å². The highest BCUT2D eigenvalue weighted by atomic mass is 16.2. The molecule has 1 unspecified atom stereocenters. The van der Waals surface area contributed by atoms with Crippen LogP contribution in [0.15, 0.2) is 24.3 Å². The number of nitrogens with one attached hydrogen (secondary N) is 1. The van der Waals surface area contributed by atoms with Gasteiger partial charge in [-0.15, -0.1) is 0 Å². The van der Waals surface area contributed by atoms with Crippen LogP contribution >= 0.6 is 0 Å². The minimum Gasteiger partial charge on any atom is -0.372 e. The first-order chi connectivity index (χ1) is 10.6. The van der Waals surface area contributed by atoms with E-state index in [0.29, 0.717) is 18.4 Å². The van der Waals surface area contributed by atoms with Crippen molar-refractivity contribution in [2.75, 3.05) is 18.0 Å².